The molecule has 8 rings (SSSR count). The topological polar surface area (TPSA) is 47.8 Å². The molecule has 0 amide bonds. The van der Waals surface area contributed by atoms with E-state index in [0.717, 1.165) is 66.8 Å². The van der Waals surface area contributed by atoms with Gasteiger partial charge in [-0.2, -0.15) is 5.26 Å². The number of benzene rings is 7. The van der Waals surface area contributed by atoms with E-state index >= 15 is 0 Å². The Morgan fingerprint density at radius 2 is 1.08 bits per heavy atom. The zero-order valence-electron chi connectivity index (χ0n) is 27.1. The maximum absolute atomic E-state index is 9.49. The molecule has 5 nitrogen and oxygen atoms in total. The highest BCUT2D eigenvalue weighted by molar-refractivity contribution is 6.22. The molecule has 0 fully saturated rings. The van der Waals surface area contributed by atoms with Crippen LogP contribution in [0.1, 0.15) is 16.7 Å². The van der Waals surface area contributed by atoms with Crippen LogP contribution in [0, 0.1) is 31.8 Å². The van der Waals surface area contributed by atoms with E-state index in [1.54, 1.807) is 0 Å². The minimum atomic E-state index is 0.601. The first-order valence-corrected chi connectivity index (χ1v) is 16.1. The second-order valence-corrected chi connectivity index (χ2v) is 12.2. The highest BCUT2D eigenvalue weighted by atomic mass is 16.3. The van der Waals surface area contributed by atoms with Crippen LogP contribution in [-0.4, -0.2) is 0 Å². The van der Waals surface area contributed by atoms with Crippen LogP contribution in [0.4, 0.5) is 39.8 Å². The van der Waals surface area contributed by atoms with Gasteiger partial charge in [-0.25, -0.2) is 4.85 Å². The van der Waals surface area contributed by atoms with Crippen LogP contribution >= 0.6 is 0 Å². The van der Waals surface area contributed by atoms with Gasteiger partial charge >= 0.3 is 0 Å². The molecule has 8 aromatic rings. The summed E-state index contributed by atoms with van der Waals surface area (Å²) in [4.78, 5) is 8.00. The minimum absolute atomic E-state index is 0.601. The summed E-state index contributed by atoms with van der Waals surface area (Å²) < 4.78 is 6.76. The van der Waals surface area contributed by atoms with Crippen LogP contribution in [0.2, 0.25) is 0 Å². The van der Waals surface area contributed by atoms with Crippen molar-refractivity contribution in [3.8, 4) is 6.07 Å². The van der Waals surface area contributed by atoms with E-state index in [0.29, 0.717) is 11.3 Å². The summed E-state index contributed by atoms with van der Waals surface area (Å²) in [6.45, 7) is 11.6. The number of nitriles is 1. The Labute approximate surface area is 284 Å². The average molecular weight is 631 g/mol. The van der Waals surface area contributed by atoms with Crippen LogP contribution in [0.5, 0.6) is 0 Å². The van der Waals surface area contributed by atoms with E-state index in [1.165, 1.54) is 11.1 Å². The van der Waals surface area contributed by atoms with Gasteiger partial charge in [-0.1, -0.05) is 71.8 Å². The molecule has 232 valence electrons. The van der Waals surface area contributed by atoms with Gasteiger partial charge in [-0.15, -0.1) is 0 Å². The molecule has 0 saturated carbocycles. The monoisotopic (exact) mass is 630 g/mol. The molecule has 1 heterocycles. The smallest absolute Gasteiger partial charge is 0.187 e. The molecular formula is C44H30N4O. The van der Waals surface area contributed by atoms with Gasteiger partial charge in [-0.05, 0) is 92.0 Å². The van der Waals surface area contributed by atoms with Crippen LogP contribution in [0.25, 0.3) is 37.6 Å². The van der Waals surface area contributed by atoms with Crippen LogP contribution < -0.4 is 9.80 Å². The van der Waals surface area contributed by atoms with Crippen molar-refractivity contribution in [2.75, 3.05) is 9.80 Å². The standard InChI is InChI=1S/C44H30N4O/c1-29-8-16-33(17-9-29)47(34-22-14-32(46-3)15-23-34)37-24-25-40-42(26-37)49-43-27-41(38-6-4-5-7-39(38)44(40)43)48(35-18-10-30(2)11-19-35)36-20-12-31(28-45)13-21-36/h4-27H,1-2H3. The summed E-state index contributed by atoms with van der Waals surface area (Å²) in [5, 5.41) is 13.8. The fourth-order valence-electron chi connectivity index (χ4n) is 6.56. The first-order chi connectivity index (χ1) is 24.0. The zero-order chi connectivity index (χ0) is 33.5. The van der Waals surface area contributed by atoms with Crippen molar-refractivity contribution in [1.29, 1.82) is 5.26 Å². The third-order valence-electron chi connectivity index (χ3n) is 9.02. The van der Waals surface area contributed by atoms with E-state index in [4.69, 9.17) is 11.0 Å². The highest BCUT2D eigenvalue weighted by Gasteiger charge is 2.21. The molecule has 0 N–H and O–H groups in total. The predicted molar refractivity (Wildman–Crippen MR) is 201 cm³/mol. The van der Waals surface area contributed by atoms with Gasteiger partial charge in [0.2, 0.25) is 0 Å². The predicted octanol–water partition coefficient (Wildman–Crippen LogP) is 12.7. The normalized spacial score (nSPS) is 11.0. The van der Waals surface area contributed by atoms with Crippen LogP contribution in [0.15, 0.2) is 150 Å². The van der Waals surface area contributed by atoms with E-state index in [2.05, 4.69) is 132 Å². The molecule has 0 unspecified atom stereocenters. The Balaban J connectivity index is 1.34. The zero-order valence-corrected chi connectivity index (χ0v) is 27.1. The van der Waals surface area contributed by atoms with Gasteiger partial charge in [0.25, 0.3) is 0 Å². The van der Waals surface area contributed by atoms with Gasteiger partial charge in [0.15, 0.2) is 5.69 Å². The Kier molecular flexibility index (Phi) is 7.29. The van der Waals surface area contributed by atoms with Crippen molar-refractivity contribution in [3.63, 3.8) is 0 Å². The Morgan fingerprint density at radius 3 is 1.67 bits per heavy atom. The molecule has 0 aliphatic carbocycles. The van der Waals surface area contributed by atoms with Crippen molar-refractivity contribution < 1.29 is 4.42 Å². The van der Waals surface area contributed by atoms with Crippen molar-refractivity contribution in [1.82, 2.24) is 0 Å². The number of nitrogens with zero attached hydrogens (tertiary/aromatic N) is 4. The van der Waals surface area contributed by atoms with Gasteiger partial charge in [0.05, 0.1) is 23.9 Å². The molecular weight excluding hydrogens is 601 g/mol. The lowest BCUT2D eigenvalue weighted by atomic mass is 10.0. The molecule has 7 aromatic carbocycles. The lowest BCUT2D eigenvalue weighted by molar-refractivity contribution is 0.669. The van der Waals surface area contributed by atoms with Crippen LogP contribution in [-0.2, 0) is 0 Å². The molecule has 0 atom stereocenters. The summed E-state index contributed by atoms with van der Waals surface area (Å²) >= 11 is 0. The summed E-state index contributed by atoms with van der Waals surface area (Å²) in [6, 6.07) is 51.5. The minimum Gasteiger partial charge on any atom is -0.456 e. The van der Waals surface area contributed by atoms with E-state index in [1.807, 2.05) is 48.5 Å². The third kappa shape index (κ3) is 5.30. The van der Waals surface area contributed by atoms with Crippen molar-refractivity contribution in [2.45, 2.75) is 13.8 Å². The van der Waals surface area contributed by atoms with Crippen molar-refractivity contribution in [3.05, 3.63) is 174 Å². The maximum Gasteiger partial charge on any atom is 0.187 e. The van der Waals surface area contributed by atoms with E-state index < -0.39 is 0 Å². The fourth-order valence-corrected chi connectivity index (χ4v) is 6.56. The second-order valence-electron chi connectivity index (χ2n) is 12.2. The first kappa shape index (κ1) is 29.6. The number of furan rings is 1. The van der Waals surface area contributed by atoms with Gasteiger partial charge in [0.1, 0.15) is 11.2 Å². The summed E-state index contributed by atoms with van der Waals surface area (Å²) in [5.74, 6) is 0. The molecule has 0 aliphatic rings. The molecule has 49 heavy (non-hydrogen) atoms. The number of fused-ring (bicyclic) bond motifs is 5. The largest absolute Gasteiger partial charge is 0.456 e. The molecule has 1 aromatic heterocycles. The van der Waals surface area contributed by atoms with Gasteiger partial charge < -0.3 is 14.2 Å². The Hall–Kier alpha value is -6.82. The molecule has 0 spiro atoms. The lowest BCUT2D eigenvalue weighted by Gasteiger charge is -2.27. The second kappa shape index (κ2) is 12.1. The Bertz CT molecular complexity index is 2570. The first-order valence-electron chi connectivity index (χ1n) is 16.1. The van der Waals surface area contributed by atoms with Gasteiger partial charge in [-0.3, -0.25) is 0 Å². The van der Waals surface area contributed by atoms with Crippen molar-refractivity contribution >= 4 is 72.5 Å². The summed E-state index contributed by atoms with van der Waals surface area (Å²) in [6.07, 6.45) is 0. The van der Waals surface area contributed by atoms with E-state index in [-0.39, 0.29) is 0 Å². The number of rotatable bonds is 6. The number of anilines is 6. The molecule has 5 heteroatoms. The third-order valence-corrected chi connectivity index (χ3v) is 9.02. The molecule has 0 saturated heterocycles. The SMILES string of the molecule is [C-]#[N+]c1ccc(N(c2ccc(C)cc2)c2ccc3c(c2)oc2cc(N(c4ccc(C)cc4)c4ccc(C#N)cc4)c4ccccc4c23)cc1. The summed E-state index contributed by atoms with van der Waals surface area (Å²) in [5.41, 5.74) is 11.0. The number of hydrogen-bond acceptors (Lipinski definition) is 4. The number of hydrogen-bond donors (Lipinski definition) is 0. The molecule has 0 radical (unpaired) electrons. The average Bonchev–Trinajstić information content (AvgIpc) is 3.52. The lowest BCUT2D eigenvalue weighted by Crippen LogP contribution is -2.10. The van der Waals surface area contributed by atoms with Crippen LogP contribution in [0.3, 0.4) is 0 Å². The number of aryl methyl sites for hydroxylation is 2. The molecule has 0 aliphatic heterocycles. The quantitative estimate of drug-likeness (QED) is 0.172. The fraction of sp³-hybridized carbons (Fsp3) is 0.0455. The van der Waals surface area contributed by atoms with Gasteiger partial charge in [0, 0.05) is 56.7 Å². The van der Waals surface area contributed by atoms with Crippen molar-refractivity contribution in [2.24, 2.45) is 0 Å². The van der Waals surface area contributed by atoms with E-state index in [9.17, 15) is 5.26 Å². The maximum atomic E-state index is 9.49. The Morgan fingerprint density at radius 1 is 0.551 bits per heavy atom. The highest BCUT2D eigenvalue weighted by Crippen LogP contribution is 2.46. The summed E-state index contributed by atoms with van der Waals surface area (Å²) in [7, 11) is 0. The molecule has 0 bridgehead atoms.